The minimum atomic E-state index is -0.469. The van der Waals surface area contributed by atoms with Crippen LogP contribution >= 0.6 is 0 Å². The van der Waals surface area contributed by atoms with Crippen molar-refractivity contribution in [1.82, 2.24) is 4.90 Å². The standard InChI is InChI=1S/C18H31NO2/c1-6-17(7-2)19(12-13-21-5)15(4)18(20)16-10-8-14(3)9-11-16/h8-11,15,17-18,20H,6-7,12-13H2,1-5H3. The van der Waals surface area contributed by atoms with Crippen LogP contribution in [0.1, 0.15) is 50.8 Å². The van der Waals surface area contributed by atoms with Gasteiger partial charge in [-0.1, -0.05) is 43.7 Å². The van der Waals surface area contributed by atoms with Gasteiger partial charge in [-0.15, -0.1) is 0 Å². The fourth-order valence-electron chi connectivity index (χ4n) is 2.90. The Hall–Kier alpha value is -0.900. The lowest BCUT2D eigenvalue weighted by Gasteiger charge is -2.38. The zero-order valence-electron chi connectivity index (χ0n) is 14.2. The van der Waals surface area contributed by atoms with Gasteiger partial charge < -0.3 is 9.84 Å². The van der Waals surface area contributed by atoms with Crippen molar-refractivity contribution in [2.45, 2.75) is 58.7 Å². The van der Waals surface area contributed by atoms with E-state index in [0.717, 1.165) is 24.9 Å². The quantitative estimate of drug-likeness (QED) is 0.755. The normalized spacial score (nSPS) is 14.7. The second kappa shape index (κ2) is 9.19. The summed E-state index contributed by atoms with van der Waals surface area (Å²) in [5, 5.41) is 10.7. The number of hydrogen-bond donors (Lipinski definition) is 1. The molecule has 0 aromatic heterocycles. The Bertz CT molecular complexity index is 387. The first-order valence-electron chi connectivity index (χ1n) is 8.04. The van der Waals surface area contributed by atoms with Crippen molar-refractivity contribution in [3.05, 3.63) is 35.4 Å². The number of rotatable bonds is 9. The van der Waals surface area contributed by atoms with Gasteiger partial charge in [0.25, 0.3) is 0 Å². The molecule has 0 aliphatic heterocycles. The van der Waals surface area contributed by atoms with Crippen molar-refractivity contribution in [2.24, 2.45) is 0 Å². The monoisotopic (exact) mass is 293 g/mol. The number of aliphatic hydroxyl groups excluding tert-OH is 1. The topological polar surface area (TPSA) is 32.7 Å². The molecule has 0 heterocycles. The van der Waals surface area contributed by atoms with Crippen LogP contribution in [0.5, 0.6) is 0 Å². The highest BCUT2D eigenvalue weighted by atomic mass is 16.5. The molecule has 0 spiro atoms. The van der Waals surface area contributed by atoms with Gasteiger partial charge in [0.1, 0.15) is 0 Å². The van der Waals surface area contributed by atoms with Gasteiger partial charge in [-0.2, -0.15) is 0 Å². The number of nitrogens with zero attached hydrogens (tertiary/aromatic N) is 1. The summed E-state index contributed by atoms with van der Waals surface area (Å²) in [5.41, 5.74) is 2.20. The number of aryl methyl sites for hydroxylation is 1. The predicted octanol–water partition coefficient (Wildman–Crippen LogP) is 3.55. The van der Waals surface area contributed by atoms with Gasteiger partial charge in [0.15, 0.2) is 0 Å². The van der Waals surface area contributed by atoms with Crippen molar-refractivity contribution in [3.63, 3.8) is 0 Å². The number of benzene rings is 1. The van der Waals surface area contributed by atoms with Crippen LogP contribution in [-0.2, 0) is 4.74 Å². The first-order valence-corrected chi connectivity index (χ1v) is 8.04. The lowest BCUT2D eigenvalue weighted by atomic mass is 9.98. The van der Waals surface area contributed by atoms with Gasteiger partial charge in [-0.3, -0.25) is 4.90 Å². The lowest BCUT2D eigenvalue weighted by molar-refractivity contribution is 0.0141. The summed E-state index contributed by atoms with van der Waals surface area (Å²) < 4.78 is 5.24. The molecular weight excluding hydrogens is 262 g/mol. The van der Waals surface area contributed by atoms with Gasteiger partial charge in [0, 0.05) is 25.7 Å². The molecule has 2 atom stereocenters. The van der Waals surface area contributed by atoms with Gasteiger partial charge in [-0.05, 0) is 32.3 Å². The maximum atomic E-state index is 10.7. The van der Waals surface area contributed by atoms with E-state index < -0.39 is 6.10 Å². The third-order valence-electron chi connectivity index (χ3n) is 4.36. The summed E-state index contributed by atoms with van der Waals surface area (Å²) in [6, 6.07) is 8.72. The Kier molecular flexibility index (Phi) is 7.94. The van der Waals surface area contributed by atoms with Crippen molar-refractivity contribution < 1.29 is 9.84 Å². The van der Waals surface area contributed by atoms with E-state index in [1.165, 1.54) is 5.56 Å². The average Bonchev–Trinajstić information content (AvgIpc) is 2.51. The highest BCUT2D eigenvalue weighted by Gasteiger charge is 2.27. The molecule has 2 unspecified atom stereocenters. The molecule has 0 saturated heterocycles. The molecule has 1 aromatic carbocycles. The molecule has 0 aliphatic carbocycles. The van der Waals surface area contributed by atoms with Gasteiger partial charge in [0.05, 0.1) is 12.7 Å². The average molecular weight is 293 g/mol. The number of methoxy groups -OCH3 is 1. The largest absolute Gasteiger partial charge is 0.387 e. The van der Waals surface area contributed by atoms with Crippen LogP contribution in [0.4, 0.5) is 0 Å². The molecule has 1 N–H and O–H groups in total. The van der Waals surface area contributed by atoms with Crippen LogP contribution in [0.3, 0.4) is 0 Å². The van der Waals surface area contributed by atoms with Crippen LogP contribution in [0.25, 0.3) is 0 Å². The molecule has 3 nitrogen and oxygen atoms in total. The number of hydrogen-bond acceptors (Lipinski definition) is 3. The summed E-state index contributed by atoms with van der Waals surface area (Å²) >= 11 is 0. The third-order valence-corrected chi connectivity index (χ3v) is 4.36. The maximum absolute atomic E-state index is 10.7. The molecule has 0 fully saturated rings. The van der Waals surface area contributed by atoms with Crippen molar-refractivity contribution in [2.75, 3.05) is 20.3 Å². The van der Waals surface area contributed by atoms with Crippen LogP contribution in [-0.4, -0.2) is 42.4 Å². The minimum absolute atomic E-state index is 0.0766. The molecule has 0 saturated carbocycles. The Morgan fingerprint density at radius 1 is 1.14 bits per heavy atom. The Balaban J connectivity index is 2.86. The van der Waals surface area contributed by atoms with E-state index in [9.17, 15) is 5.11 Å². The first kappa shape index (κ1) is 18.1. The van der Waals surface area contributed by atoms with Crippen molar-refractivity contribution in [1.29, 1.82) is 0 Å². The van der Waals surface area contributed by atoms with Gasteiger partial charge in [0.2, 0.25) is 0 Å². The maximum Gasteiger partial charge on any atom is 0.0942 e. The second-order valence-electron chi connectivity index (χ2n) is 5.80. The zero-order valence-corrected chi connectivity index (χ0v) is 14.2. The predicted molar refractivity (Wildman–Crippen MR) is 88.6 cm³/mol. The third kappa shape index (κ3) is 5.10. The second-order valence-corrected chi connectivity index (χ2v) is 5.80. The van der Waals surface area contributed by atoms with Crippen LogP contribution in [0.15, 0.2) is 24.3 Å². The number of ether oxygens (including phenoxy) is 1. The van der Waals surface area contributed by atoms with Crippen molar-refractivity contribution in [3.8, 4) is 0 Å². The van der Waals surface area contributed by atoms with E-state index in [0.29, 0.717) is 12.6 Å². The smallest absolute Gasteiger partial charge is 0.0942 e. The molecule has 1 aromatic rings. The van der Waals surface area contributed by atoms with E-state index in [2.05, 4.69) is 44.7 Å². The summed E-state index contributed by atoms with van der Waals surface area (Å²) in [6.45, 7) is 10.1. The molecule has 0 radical (unpaired) electrons. The summed E-state index contributed by atoms with van der Waals surface area (Å²) in [4.78, 5) is 2.38. The van der Waals surface area contributed by atoms with E-state index in [4.69, 9.17) is 4.74 Å². The Morgan fingerprint density at radius 2 is 1.71 bits per heavy atom. The summed E-state index contributed by atoms with van der Waals surface area (Å²) in [7, 11) is 1.73. The van der Waals surface area contributed by atoms with Crippen LogP contribution in [0.2, 0.25) is 0 Å². The van der Waals surface area contributed by atoms with Crippen LogP contribution in [0, 0.1) is 6.92 Å². The highest BCUT2D eigenvalue weighted by Crippen LogP contribution is 2.24. The Morgan fingerprint density at radius 3 is 2.19 bits per heavy atom. The lowest BCUT2D eigenvalue weighted by Crippen LogP contribution is -2.46. The molecular formula is C18H31NO2. The van der Waals surface area contributed by atoms with E-state index >= 15 is 0 Å². The zero-order chi connectivity index (χ0) is 15.8. The molecule has 0 aliphatic rings. The van der Waals surface area contributed by atoms with Crippen LogP contribution < -0.4 is 0 Å². The highest BCUT2D eigenvalue weighted by molar-refractivity contribution is 5.24. The van der Waals surface area contributed by atoms with Crippen molar-refractivity contribution >= 4 is 0 Å². The molecule has 0 bridgehead atoms. The first-order chi connectivity index (χ1) is 10.0. The molecule has 21 heavy (non-hydrogen) atoms. The molecule has 120 valence electrons. The van der Waals surface area contributed by atoms with E-state index in [1.807, 2.05) is 12.1 Å². The fraction of sp³-hybridized carbons (Fsp3) is 0.667. The fourth-order valence-corrected chi connectivity index (χ4v) is 2.90. The minimum Gasteiger partial charge on any atom is -0.387 e. The van der Waals surface area contributed by atoms with Gasteiger partial charge >= 0.3 is 0 Å². The van der Waals surface area contributed by atoms with Gasteiger partial charge in [-0.25, -0.2) is 0 Å². The molecule has 1 rings (SSSR count). The summed E-state index contributed by atoms with van der Waals surface area (Å²) in [5.74, 6) is 0. The van der Waals surface area contributed by atoms with E-state index in [1.54, 1.807) is 7.11 Å². The molecule has 3 heteroatoms. The SMILES string of the molecule is CCC(CC)N(CCOC)C(C)C(O)c1ccc(C)cc1. The van der Waals surface area contributed by atoms with E-state index in [-0.39, 0.29) is 6.04 Å². The number of aliphatic hydroxyl groups is 1. The Labute approximate surface area is 129 Å². The molecule has 0 amide bonds. The summed E-state index contributed by atoms with van der Waals surface area (Å²) in [6.07, 6.45) is 1.71.